The molecule has 1 fully saturated rings. The summed E-state index contributed by atoms with van der Waals surface area (Å²) in [6, 6.07) is 6.41. The standard InChI is InChI=1S/C12H14N2O2/c1-8(9-6-7-9)13-14-12(16)10-4-2-3-5-11(10)15/h2-5,9,15H,6-7H2,1H3,(H,14,16). The predicted octanol–water partition coefficient (Wildman–Crippen LogP) is 1.91. The number of aromatic hydroxyl groups is 1. The number of carbonyl (C=O) groups excluding carboxylic acids is 1. The van der Waals surface area contributed by atoms with Gasteiger partial charge in [-0.1, -0.05) is 12.1 Å². The zero-order chi connectivity index (χ0) is 11.5. The van der Waals surface area contributed by atoms with Crippen LogP contribution in [-0.2, 0) is 0 Å². The Kier molecular flexibility index (Phi) is 2.90. The average Bonchev–Trinajstić information content (AvgIpc) is 3.10. The minimum atomic E-state index is -0.377. The molecule has 1 aromatic carbocycles. The number of phenols is 1. The molecule has 1 aliphatic carbocycles. The minimum Gasteiger partial charge on any atom is -0.507 e. The summed E-state index contributed by atoms with van der Waals surface area (Å²) in [7, 11) is 0. The van der Waals surface area contributed by atoms with E-state index in [4.69, 9.17) is 0 Å². The summed E-state index contributed by atoms with van der Waals surface area (Å²) >= 11 is 0. The molecule has 0 radical (unpaired) electrons. The van der Waals surface area contributed by atoms with Gasteiger partial charge in [0.2, 0.25) is 0 Å². The van der Waals surface area contributed by atoms with E-state index in [0.29, 0.717) is 5.92 Å². The molecule has 0 bridgehead atoms. The molecule has 0 heterocycles. The Labute approximate surface area is 94.0 Å². The Balaban J connectivity index is 2.03. The van der Waals surface area contributed by atoms with Crippen LogP contribution in [0.4, 0.5) is 0 Å². The third kappa shape index (κ3) is 2.39. The maximum atomic E-state index is 11.6. The first-order chi connectivity index (χ1) is 7.68. The Morgan fingerprint density at radius 2 is 2.12 bits per heavy atom. The average molecular weight is 218 g/mol. The van der Waals surface area contributed by atoms with Crippen molar-refractivity contribution < 1.29 is 9.90 Å². The number of hydrogen-bond donors (Lipinski definition) is 2. The molecular formula is C12H14N2O2. The first-order valence-electron chi connectivity index (χ1n) is 5.31. The quantitative estimate of drug-likeness (QED) is 0.601. The number of phenolic OH excluding ortho intramolecular Hbond substituents is 1. The van der Waals surface area contributed by atoms with Crippen molar-refractivity contribution in [2.75, 3.05) is 0 Å². The first-order valence-corrected chi connectivity index (χ1v) is 5.31. The number of carbonyl (C=O) groups is 1. The molecule has 2 N–H and O–H groups in total. The Hall–Kier alpha value is -1.84. The summed E-state index contributed by atoms with van der Waals surface area (Å²) in [6.45, 7) is 1.91. The molecule has 1 aromatic rings. The maximum absolute atomic E-state index is 11.6. The van der Waals surface area contributed by atoms with E-state index in [1.54, 1.807) is 18.2 Å². The summed E-state index contributed by atoms with van der Waals surface area (Å²) < 4.78 is 0. The molecule has 0 saturated heterocycles. The van der Waals surface area contributed by atoms with Crippen LogP contribution >= 0.6 is 0 Å². The summed E-state index contributed by atoms with van der Waals surface area (Å²) in [5, 5.41) is 13.5. The number of hydrogen-bond acceptors (Lipinski definition) is 3. The van der Waals surface area contributed by atoms with Crippen LogP contribution in [0.5, 0.6) is 5.75 Å². The van der Waals surface area contributed by atoms with Crippen LogP contribution in [-0.4, -0.2) is 16.7 Å². The largest absolute Gasteiger partial charge is 0.507 e. The van der Waals surface area contributed by atoms with Crippen molar-refractivity contribution in [1.29, 1.82) is 0 Å². The molecular weight excluding hydrogens is 204 g/mol. The van der Waals surface area contributed by atoms with Gasteiger partial charge in [-0.05, 0) is 37.8 Å². The van der Waals surface area contributed by atoms with Crippen LogP contribution in [0.15, 0.2) is 29.4 Å². The number of nitrogens with one attached hydrogen (secondary N) is 1. The van der Waals surface area contributed by atoms with Crippen molar-refractivity contribution in [3.63, 3.8) is 0 Å². The predicted molar refractivity (Wildman–Crippen MR) is 61.4 cm³/mol. The molecule has 16 heavy (non-hydrogen) atoms. The lowest BCUT2D eigenvalue weighted by Gasteiger charge is -2.03. The highest BCUT2D eigenvalue weighted by Crippen LogP contribution is 2.30. The molecule has 4 nitrogen and oxygen atoms in total. The molecule has 0 aliphatic heterocycles. The highest BCUT2D eigenvalue weighted by Gasteiger charge is 2.24. The highest BCUT2D eigenvalue weighted by atomic mass is 16.3. The van der Waals surface area contributed by atoms with E-state index < -0.39 is 0 Å². The fourth-order valence-electron chi connectivity index (χ4n) is 1.46. The summed E-state index contributed by atoms with van der Waals surface area (Å²) in [6.07, 6.45) is 2.31. The second-order valence-electron chi connectivity index (χ2n) is 3.99. The van der Waals surface area contributed by atoms with Gasteiger partial charge in [-0.3, -0.25) is 4.79 Å². The summed E-state index contributed by atoms with van der Waals surface area (Å²) in [4.78, 5) is 11.6. The van der Waals surface area contributed by atoms with Crippen LogP contribution in [0.25, 0.3) is 0 Å². The summed E-state index contributed by atoms with van der Waals surface area (Å²) in [5.41, 5.74) is 3.64. The molecule has 0 atom stereocenters. The van der Waals surface area contributed by atoms with Gasteiger partial charge < -0.3 is 5.11 Å². The zero-order valence-corrected chi connectivity index (χ0v) is 9.10. The van der Waals surface area contributed by atoms with Gasteiger partial charge in [-0.15, -0.1) is 0 Å². The van der Waals surface area contributed by atoms with Crippen molar-refractivity contribution in [2.24, 2.45) is 11.0 Å². The third-order valence-electron chi connectivity index (χ3n) is 2.65. The first kappa shape index (κ1) is 10.7. The highest BCUT2D eigenvalue weighted by molar-refractivity contribution is 5.97. The van der Waals surface area contributed by atoms with E-state index in [-0.39, 0.29) is 17.2 Å². The van der Waals surface area contributed by atoms with Gasteiger partial charge in [0.1, 0.15) is 5.75 Å². The van der Waals surface area contributed by atoms with Crippen molar-refractivity contribution in [3.8, 4) is 5.75 Å². The van der Waals surface area contributed by atoms with E-state index in [1.165, 1.54) is 6.07 Å². The Morgan fingerprint density at radius 1 is 1.44 bits per heavy atom. The fourth-order valence-corrected chi connectivity index (χ4v) is 1.46. The van der Waals surface area contributed by atoms with E-state index >= 15 is 0 Å². The number of para-hydroxylation sites is 1. The van der Waals surface area contributed by atoms with E-state index in [9.17, 15) is 9.90 Å². The topological polar surface area (TPSA) is 61.7 Å². The van der Waals surface area contributed by atoms with Crippen molar-refractivity contribution >= 4 is 11.6 Å². The lowest BCUT2D eigenvalue weighted by atomic mass is 10.2. The Bertz CT molecular complexity index is 436. The molecule has 0 unspecified atom stereocenters. The van der Waals surface area contributed by atoms with Crippen molar-refractivity contribution in [1.82, 2.24) is 5.43 Å². The van der Waals surface area contributed by atoms with E-state index in [2.05, 4.69) is 10.5 Å². The van der Waals surface area contributed by atoms with Crippen LogP contribution in [0.3, 0.4) is 0 Å². The van der Waals surface area contributed by atoms with Crippen LogP contribution in [0.2, 0.25) is 0 Å². The van der Waals surface area contributed by atoms with Crippen molar-refractivity contribution in [3.05, 3.63) is 29.8 Å². The van der Waals surface area contributed by atoms with Gasteiger partial charge in [0.05, 0.1) is 5.56 Å². The molecule has 1 amide bonds. The van der Waals surface area contributed by atoms with E-state index in [0.717, 1.165) is 18.6 Å². The lowest BCUT2D eigenvalue weighted by Crippen LogP contribution is -2.19. The van der Waals surface area contributed by atoms with Gasteiger partial charge in [0.15, 0.2) is 0 Å². The van der Waals surface area contributed by atoms with Crippen LogP contribution < -0.4 is 5.43 Å². The molecule has 4 heteroatoms. The van der Waals surface area contributed by atoms with Gasteiger partial charge in [0.25, 0.3) is 5.91 Å². The molecule has 1 saturated carbocycles. The van der Waals surface area contributed by atoms with Gasteiger partial charge in [-0.25, -0.2) is 5.43 Å². The van der Waals surface area contributed by atoms with Gasteiger partial charge in [0, 0.05) is 5.71 Å². The van der Waals surface area contributed by atoms with Gasteiger partial charge >= 0.3 is 0 Å². The second-order valence-corrected chi connectivity index (χ2v) is 3.99. The molecule has 0 spiro atoms. The normalized spacial score (nSPS) is 15.9. The van der Waals surface area contributed by atoms with Crippen LogP contribution in [0.1, 0.15) is 30.1 Å². The third-order valence-corrected chi connectivity index (χ3v) is 2.65. The second kappa shape index (κ2) is 4.35. The number of hydrazone groups is 1. The monoisotopic (exact) mass is 218 g/mol. The van der Waals surface area contributed by atoms with Gasteiger partial charge in [-0.2, -0.15) is 5.10 Å². The number of rotatable bonds is 3. The number of amides is 1. The summed E-state index contributed by atoms with van der Waals surface area (Å²) in [5.74, 6) is 0.127. The molecule has 84 valence electrons. The van der Waals surface area contributed by atoms with Crippen LogP contribution in [0, 0.1) is 5.92 Å². The molecule has 1 aliphatic rings. The smallest absolute Gasteiger partial charge is 0.275 e. The number of benzene rings is 1. The minimum absolute atomic E-state index is 0.0284. The lowest BCUT2D eigenvalue weighted by molar-refractivity contribution is 0.0952. The Morgan fingerprint density at radius 3 is 2.75 bits per heavy atom. The SMILES string of the molecule is CC(=NNC(=O)c1ccccc1O)C1CC1. The molecule has 0 aromatic heterocycles. The zero-order valence-electron chi connectivity index (χ0n) is 9.10. The number of nitrogens with zero attached hydrogens (tertiary/aromatic N) is 1. The van der Waals surface area contributed by atoms with E-state index in [1.807, 2.05) is 6.92 Å². The maximum Gasteiger partial charge on any atom is 0.275 e. The molecule has 2 rings (SSSR count). The van der Waals surface area contributed by atoms with Crippen molar-refractivity contribution in [2.45, 2.75) is 19.8 Å². The fraction of sp³-hybridized carbons (Fsp3) is 0.333.